The Labute approximate surface area is 480 Å². The van der Waals surface area contributed by atoms with E-state index in [2.05, 4.69) is 35.8 Å². The van der Waals surface area contributed by atoms with Crippen LogP contribution < -0.4 is 66.1 Å². The molecule has 3 aromatic carbocycles. The quantitative estimate of drug-likeness (QED) is 0.0508. The number of aromatic nitrogens is 5. The average molecular weight is 1150 g/mol. The third-order valence-electron chi connectivity index (χ3n) is 12.1. The molecule has 0 bridgehead atoms. The van der Waals surface area contributed by atoms with Gasteiger partial charge in [0.1, 0.15) is 35.2 Å². The van der Waals surface area contributed by atoms with Gasteiger partial charge in [0, 0.05) is 93.6 Å². The molecule has 0 radical (unpaired) electrons. The van der Waals surface area contributed by atoms with Gasteiger partial charge in [0.25, 0.3) is 11.1 Å². The number of esters is 1. The average Bonchev–Trinajstić information content (AvgIpc) is 3.41. The summed E-state index contributed by atoms with van der Waals surface area (Å²) in [5, 5.41) is 9.78. The molecule has 0 unspecified atom stereocenters. The van der Waals surface area contributed by atoms with Crippen molar-refractivity contribution in [2.75, 3.05) is 112 Å². The highest BCUT2D eigenvalue weighted by Gasteiger charge is 2.17. The Morgan fingerprint density at radius 3 is 1.47 bits per heavy atom. The highest BCUT2D eigenvalue weighted by molar-refractivity contribution is 6.06. The van der Waals surface area contributed by atoms with Crippen molar-refractivity contribution in [2.24, 2.45) is 0 Å². The van der Waals surface area contributed by atoms with Crippen LogP contribution in [0.2, 0.25) is 0 Å². The molecule has 10 rings (SSSR count). The number of benzene rings is 3. The summed E-state index contributed by atoms with van der Waals surface area (Å²) in [5.41, 5.74) is 9.71. The molecule has 0 saturated carbocycles. The van der Waals surface area contributed by atoms with Crippen molar-refractivity contribution in [3.63, 3.8) is 0 Å². The number of anilines is 2. The second-order valence-corrected chi connectivity index (χ2v) is 17.4. The van der Waals surface area contributed by atoms with E-state index < -0.39 is 11.8 Å². The van der Waals surface area contributed by atoms with E-state index in [1.165, 1.54) is 56.1 Å². The van der Waals surface area contributed by atoms with Crippen LogP contribution in [0.5, 0.6) is 34.5 Å². The number of piperazine rings is 2. The largest absolute Gasteiger partial charge is 0.493 e. The van der Waals surface area contributed by atoms with Crippen LogP contribution in [0.1, 0.15) is 37.6 Å². The molecule has 5 aromatic heterocycles. The molecule has 0 amide bonds. The molecule has 2 aliphatic rings. The minimum Gasteiger partial charge on any atom is -0.493 e. The Kier molecular flexibility index (Phi) is 26.1. The highest BCUT2D eigenvalue weighted by atomic mass is 19.1. The molecular formula is C60H72F2N10O11. The normalized spacial score (nSPS) is 12.3. The number of ketones is 1. The fraction of sp³-hybridized carbons (Fsp3) is 0.317. The van der Waals surface area contributed by atoms with E-state index in [4.69, 9.17) is 38.9 Å². The van der Waals surface area contributed by atoms with E-state index in [-0.39, 0.29) is 35.7 Å². The van der Waals surface area contributed by atoms with E-state index in [0.29, 0.717) is 74.1 Å². The molecule has 0 aliphatic carbocycles. The number of nitrogens with zero attached hydrogens (tertiary/aromatic N) is 6. The van der Waals surface area contributed by atoms with Crippen LogP contribution in [0, 0.1) is 11.6 Å². The Bertz CT molecular complexity index is 3450. The summed E-state index contributed by atoms with van der Waals surface area (Å²) >= 11 is 0. The van der Waals surface area contributed by atoms with Gasteiger partial charge in [-0.05, 0) is 97.9 Å². The monoisotopic (exact) mass is 1150 g/mol. The van der Waals surface area contributed by atoms with Crippen LogP contribution in [0.3, 0.4) is 0 Å². The van der Waals surface area contributed by atoms with E-state index in [9.17, 15) is 28.0 Å². The van der Waals surface area contributed by atoms with Gasteiger partial charge in [0.05, 0.1) is 72.5 Å². The lowest BCUT2D eigenvalue weighted by Crippen LogP contribution is -2.43. The maximum atomic E-state index is 13.2. The van der Waals surface area contributed by atoms with E-state index >= 15 is 0 Å². The molecule has 5 N–H and O–H groups in total. The van der Waals surface area contributed by atoms with Gasteiger partial charge in [-0.25, -0.2) is 23.7 Å². The second kappa shape index (κ2) is 33.5. The third-order valence-corrected chi connectivity index (χ3v) is 12.1. The number of nitrogens with one attached hydrogen (secondary N) is 3. The lowest BCUT2D eigenvalue weighted by Gasteiger charge is -2.29. The lowest BCUT2D eigenvalue weighted by molar-refractivity contribution is -0.141. The number of halogens is 2. The number of hydrogen-bond acceptors (Lipinski definition) is 19. The van der Waals surface area contributed by atoms with E-state index in [1.807, 2.05) is 50.4 Å². The van der Waals surface area contributed by atoms with Crippen molar-refractivity contribution in [1.82, 2.24) is 39.7 Å². The van der Waals surface area contributed by atoms with Crippen molar-refractivity contribution in [2.45, 2.75) is 27.2 Å². The summed E-state index contributed by atoms with van der Waals surface area (Å²) in [6.07, 6.45) is 3.79. The predicted molar refractivity (Wildman–Crippen MR) is 316 cm³/mol. The molecule has 442 valence electrons. The molecule has 0 atom stereocenters. The van der Waals surface area contributed by atoms with Crippen molar-refractivity contribution >= 4 is 34.6 Å². The number of rotatable bonds is 13. The first-order valence-corrected chi connectivity index (χ1v) is 26.5. The summed E-state index contributed by atoms with van der Waals surface area (Å²) < 4.78 is 63.9. The first-order chi connectivity index (χ1) is 40.2. The third kappa shape index (κ3) is 18.9. The number of nitrogen functional groups attached to an aromatic ring is 1. The van der Waals surface area contributed by atoms with Gasteiger partial charge in [0.2, 0.25) is 0 Å². The molecule has 2 fully saturated rings. The second-order valence-electron chi connectivity index (χ2n) is 17.4. The van der Waals surface area contributed by atoms with Crippen LogP contribution in [-0.2, 0) is 9.53 Å². The van der Waals surface area contributed by atoms with Crippen molar-refractivity contribution in [1.29, 1.82) is 0 Å². The number of pyridine rings is 3. The Morgan fingerprint density at radius 2 is 1.01 bits per heavy atom. The molecule has 8 aromatic rings. The number of hydrogen-bond donors (Lipinski definition) is 4. The minimum atomic E-state index is -0.530. The van der Waals surface area contributed by atoms with E-state index in [1.54, 1.807) is 75.1 Å². The Hall–Kier alpha value is -9.19. The minimum absolute atomic E-state index is 0.109. The molecule has 2 aliphatic heterocycles. The van der Waals surface area contributed by atoms with Crippen LogP contribution in [0.25, 0.3) is 33.8 Å². The van der Waals surface area contributed by atoms with Gasteiger partial charge in [-0.15, -0.1) is 0 Å². The smallest absolute Gasteiger partial charge is 0.313 e. The first kappa shape index (κ1) is 64.6. The SMILES string of the molecule is C1CNCCN1.CC.CCOC(=O)CC(=O)c1ccc(OC)c(OC)c1.COc1ccc(-c2cc(=O)n3cc(F)ccc3n2)cc1OC.COc1ccc(-c2cc(=O)n3cc(N4CCNCC4)ccc3n2)cc1OC.Nc1ccc(F)cn1. The van der Waals surface area contributed by atoms with Crippen molar-refractivity contribution < 1.29 is 51.5 Å². The van der Waals surface area contributed by atoms with Gasteiger partial charge < -0.3 is 59.7 Å². The molecule has 7 heterocycles. The highest BCUT2D eigenvalue weighted by Crippen LogP contribution is 2.33. The van der Waals surface area contributed by atoms with E-state index in [0.717, 1.165) is 76.0 Å². The molecular weight excluding hydrogens is 1070 g/mol. The fourth-order valence-electron chi connectivity index (χ4n) is 8.01. The Morgan fingerprint density at radius 1 is 0.554 bits per heavy atom. The molecule has 0 spiro atoms. The van der Waals surface area contributed by atoms with Crippen LogP contribution in [0.4, 0.5) is 20.3 Å². The van der Waals surface area contributed by atoms with Gasteiger partial charge >= 0.3 is 5.97 Å². The predicted octanol–water partition coefficient (Wildman–Crippen LogP) is 7.15. The zero-order valence-electron chi connectivity index (χ0n) is 48.1. The van der Waals surface area contributed by atoms with Crippen molar-refractivity contribution in [3.05, 3.63) is 160 Å². The van der Waals surface area contributed by atoms with Gasteiger partial charge in [-0.1, -0.05) is 13.8 Å². The van der Waals surface area contributed by atoms with Crippen LogP contribution in [0.15, 0.2) is 131 Å². The lowest BCUT2D eigenvalue weighted by atomic mass is 10.1. The summed E-state index contributed by atoms with van der Waals surface area (Å²) in [5.74, 6) is 2.00. The summed E-state index contributed by atoms with van der Waals surface area (Å²) in [7, 11) is 9.26. The molecule has 83 heavy (non-hydrogen) atoms. The molecule has 21 nitrogen and oxygen atoms in total. The molecule has 2 saturated heterocycles. The van der Waals surface area contributed by atoms with Crippen LogP contribution >= 0.6 is 0 Å². The Balaban J connectivity index is 0.000000203. The fourth-order valence-corrected chi connectivity index (χ4v) is 8.01. The number of fused-ring (bicyclic) bond motifs is 2. The zero-order chi connectivity index (χ0) is 60.3. The number of ether oxygens (including phenoxy) is 7. The number of carbonyl (C=O) groups excluding carboxylic acids is 2. The standard InChI is InChI=1S/C20H22N4O3.C16H13FN2O3.C13H16O5.C5H5FN2.C4H10N2.C2H6/c1-26-17-5-3-14(11-18(17)27-2)16-12-20(25)24-13-15(4-6-19(24)22-16)23-9-7-21-8-10-23;1-21-13-5-3-10(7-14(13)22-2)12-8-16(20)19-9-11(17)4-6-15(19)18-12;1-4-18-13(15)8-10(14)9-5-6-11(16-2)12(7-9)17-3;6-4-1-2-5(7)8-3-4;1-2-6-4-3-5-1;1-2/h3-6,11-13,21H,7-10H2,1-2H3;3-9H,1-2H3;5-7H,4,8H2,1-3H3;1-3H,(H2,7,8);5-6H,1-4H2;1-2H3. The number of methoxy groups -OCH3 is 6. The number of carbonyl (C=O) groups is 2. The number of nitrogens with two attached hydrogens (primary N) is 1. The topological polar surface area (TPSA) is 246 Å². The number of Topliss-reactive ketones (excluding diaryl/α,β-unsaturated/α-hetero) is 1. The van der Waals surface area contributed by atoms with Crippen LogP contribution in [-0.4, -0.2) is 137 Å². The van der Waals surface area contributed by atoms with Crippen molar-refractivity contribution in [3.8, 4) is 57.0 Å². The maximum Gasteiger partial charge on any atom is 0.313 e. The zero-order valence-corrected chi connectivity index (χ0v) is 48.1. The van der Waals surface area contributed by atoms with Gasteiger partial charge in [-0.2, -0.15) is 0 Å². The molecule has 23 heteroatoms. The summed E-state index contributed by atoms with van der Waals surface area (Å²) in [4.78, 5) is 62.6. The van der Waals surface area contributed by atoms with Gasteiger partial charge in [-0.3, -0.25) is 28.0 Å². The first-order valence-electron chi connectivity index (χ1n) is 26.5. The summed E-state index contributed by atoms with van der Waals surface area (Å²) in [6, 6.07) is 27.7. The maximum absolute atomic E-state index is 13.2. The summed E-state index contributed by atoms with van der Waals surface area (Å²) in [6.45, 7) is 14.3. The van der Waals surface area contributed by atoms with Gasteiger partial charge in [0.15, 0.2) is 40.3 Å².